The van der Waals surface area contributed by atoms with Crippen molar-refractivity contribution in [2.75, 3.05) is 51.6 Å². The number of halogens is 3. The van der Waals surface area contributed by atoms with Gasteiger partial charge < -0.3 is 20.3 Å². The summed E-state index contributed by atoms with van der Waals surface area (Å²) < 4.78 is 42.9. The number of hydrogen-bond acceptors (Lipinski definition) is 7. The molecule has 0 aliphatic carbocycles. The molecule has 1 amide bonds. The number of carbonyl (C=O) groups is 1. The Balaban J connectivity index is 1.21. The summed E-state index contributed by atoms with van der Waals surface area (Å²) in [4.78, 5) is 21.7. The van der Waals surface area contributed by atoms with Crippen LogP contribution in [0.5, 0.6) is 5.75 Å². The summed E-state index contributed by atoms with van der Waals surface area (Å²) in [6, 6.07) is 17.9. The average Bonchev–Trinajstić information content (AvgIpc) is 3.32. The second-order valence-electron chi connectivity index (χ2n) is 9.29. The van der Waals surface area contributed by atoms with E-state index in [1.165, 1.54) is 24.3 Å². The van der Waals surface area contributed by atoms with Crippen LogP contribution in [0.25, 0.3) is 16.9 Å². The molecule has 9 nitrogen and oxygen atoms in total. The Bertz CT molecular complexity index is 1410. The van der Waals surface area contributed by atoms with Crippen LogP contribution >= 0.6 is 0 Å². The number of alkyl halides is 3. The highest BCUT2D eigenvalue weighted by Gasteiger charge is 2.31. The van der Waals surface area contributed by atoms with Gasteiger partial charge in [0, 0.05) is 56.1 Å². The lowest BCUT2D eigenvalue weighted by molar-refractivity contribution is -0.274. The molecule has 4 aromatic rings. The molecule has 2 aromatic carbocycles. The fourth-order valence-electron chi connectivity index (χ4n) is 4.34. The third kappa shape index (κ3) is 6.84. The number of hydrogen-bond donors (Lipinski definition) is 2. The number of benzene rings is 2. The number of piperazine rings is 1. The van der Waals surface area contributed by atoms with Gasteiger partial charge in [0.15, 0.2) is 5.65 Å². The molecule has 1 aliphatic rings. The van der Waals surface area contributed by atoms with E-state index in [0.717, 1.165) is 32.7 Å². The van der Waals surface area contributed by atoms with Gasteiger partial charge in [-0.15, -0.1) is 18.3 Å². The van der Waals surface area contributed by atoms with Crippen molar-refractivity contribution in [3.63, 3.8) is 0 Å². The quantitative estimate of drug-likeness (QED) is 0.350. The van der Waals surface area contributed by atoms with Gasteiger partial charge in [-0.25, -0.2) is 4.52 Å². The van der Waals surface area contributed by atoms with Crippen molar-refractivity contribution >= 4 is 23.2 Å². The second-order valence-corrected chi connectivity index (χ2v) is 9.29. The highest BCUT2D eigenvalue weighted by Crippen LogP contribution is 2.27. The minimum absolute atomic E-state index is 0.127. The summed E-state index contributed by atoms with van der Waals surface area (Å²) in [5, 5.41) is 10.6. The predicted molar refractivity (Wildman–Crippen MR) is 141 cm³/mol. The van der Waals surface area contributed by atoms with Gasteiger partial charge in [-0.2, -0.15) is 4.98 Å². The molecule has 5 rings (SSSR count). The van der Waals surface area contributed by atoms with Gasteiger partial charge in [-0.3, -0.25) is 9.69 Å². The molecule has 39 heavy (non-hydrogen) atoms. The molecule has 1 aliphatic heterocycles. The number of aromatic nitrogens is 3. The number of fused-ring (bicyclic) bond motifs is 1. The molecule has 3 heterocycles. The normalized spacial score (nSPS) is 14.9. The SMILES string of the molecule is CN1CCN(CCNC(=O)c2ccc(Nc3nc4cccc(-c5ccc(OC(F)(F)F)cc5)n4n3)cc2)CC1. The van der Waals surface area contributed by atoms with E-state index >= 15 is 0 Å². The Hall–Kier alpha value is -4.16. The van der Waals surface area contributed by atoms with Crippen molar-refractivity contribution in [1.29, 1.82) is 0 Å². The van der Waals surface area contributed by atoms with Crippen LogP contribution in [-0.2, 0) is 0 Å². The molecule has 2 aromatic heterocycles. The summed E-state index contributed by atoms with van der Waals surface area (Å²) in [7, 11) is 2.11. The maximum Gasteiger partial charge on any atom is 0.573 e. The lowest BCUT2D eigenvalue weighted by Crippen LogP contribution is -2.46. The Morgan fingerprint density at radius 3 is 2.38 bits per heavy atom. The molecule has 204 valence electrons. The minimum Gasteiger partial charge on any atom is -0.406 e. The van der Waals surface area contributed by atoms with Gasteiger partial charge in [0.05, 0.1) is 5.69 Å². The summed E-state index contributed by atoms with van der Waals surface area (Å²) >= 11 is 0. The molecule has 0 bridgehead atoms. The van der Waals surface area contributed by atoms with Crippen LogP contribution < -0.4 is 15.4 Å². The van der Waals surface area contributed by atoms with E-state index in [0.29, 0.717) is 40.6 Å². The third-order valence-electron chi connectivity index (χ3n) is 6.46. The summed E-state index contributed by atoms with van der Waals surface area (Å²) in [5.41, 5.74) is 3.11. The molecule has 0 radical (unpaired) electrons. The zero-order valence-corrected chi connectivity index (χ0v) is 21.3. The van der Waals surface area contributed by atoms with E-state index in [4.69, 9.17) is 0 Å². The van der Waals surface area contributed by atoms with Crippen LogP contribution in [0.3, 0.4) is 0 Å². The summed E-state index contributed by atoms with van der Waals surface area (Å²) in [5.74, 6) is -0.0896. The lowest BCUT2D eigenvalue weighted by atomic mass is 10.1. The first kappa shape index (κ1) is 26.4. The molecule has 1 saturated heterocycles. The molecule has 1 fully saturated rings. The standard InChI is InChI=1S/C27H28F3N7O2/c1-35-15-17-36(18-16-35)14-13-31-25(38)20-5-9-21(10-6-20)32-26-33-24-4-2-3-23(37(24)34-26)19-7-11-22(12-8-19)39-27(28,29)30/h2-12H,13-18H2,1H3,(H,31,38)(H,32,34). The van der Waals surface area contributed by atoms with Crippen LogP contribution in [-0.4, -0.2) is 83.0 Å². The number of rotatable bonds is 8. The largest absolute Gasteiger partial charge is 0.573 e. The van der Waals surface area contributed by atoms with E-state index in [2.05, 4.69) is 42.3 Å². The molecule has 2 N–H and O–H groups in total. The van der Waals surface area contributed by atoms with Gasteiger partial charge in [0.2, 0.25) is 5.95 Å². The first-order valence-electron chi connectivity index (χ1n) is 12.5. The summed E-state index contributed by atoms with van der Waals surface area (Å²) in [6.45, 7) is 5.51. The maximum absolute atomic E-state index is 12.5. The number of amides is 1. The van der Waals surface area contributed by atoms with Crippen LogP contribution in [0.15, 0.2) is 66.7 Å². The molecule has 0 atom stereocenters. The number of pyridine rings is 1. The highest BCUT2D eigenvalue weighted by atomic mass is 19.4. The Kier molecular flexibility index (Phi) is 7.66. The maximum atomic E-state index is 12.5. The lowest BCUT2D eigenvalue weighted by Gasteiger charge is -2.32. The molecular formula is C27H28F3N7O2. The topological polar surface area (TPSA) is 87.0 Å². The predicted octanol–water partition coefficient (Wildman–Crippen LogP) is 4.02. The Morgan fingerprint density at radius 1 is 0.974 bits per heavy atom. The third-order valence-corrected chi connectivity index (χ3v) is 6.46. The first-order chi connectivity index (χ1) is 18.7. The van der Waals surface area contributed by atoms with Gasteiger partial charge in [-0.1, -0.05) is 6.07 Å². The zero-order valence-electron chi connectivity index (χ0n) is 21.3. The monoisotopic (exact) mass is 539 g/mol. The number of ether oxygens (including phenoxy) is 1. The van der Waals surface area contributed by atoms with Crippen LogP contribution in [0.1, 0.15) is 10.4 Å². The number of nitrogens with zero attached hydrogens (tertiary/aromatic N) is 5. The van der Waals surface area contributed by atoms with Gasteiger partial charge in [-0.05, 0) is 67.7 Å². The number of nitrogens with one attached hydrogen (secondary N) is 2. The van der Waals surface area contributed by atoms with Crippen LogP contribution in [0, 0.1) is 0 Å². The smallest absolute Gasteiger partial charge is 0.406 e. The van der Waals surface area contributed by atoms with Gasteiger partial charge in [0.1, 0.15) is 5.75 Å². The van der Waals surface area contributed by atoms with Crippen molar-refractivity contribution in [2.24, 2.45) is 0 Å². The fourth-order valence-corrected chi connectivity index (χ4v) is 4.34. The first-order valence-corrected chi connectivity index (χ1v) is 12.5. The number of carbonyl (C=O) groups excluding carboxylic acids is 1. The van der Waals surface area contributed by atoms with Crippen molar-refractivity contribution in [3.05, 3.63) is 72.3 Å². The van der Waals surface area contributed by atoms with Crippen molar-refractivity contribution < 1.29 is 22.7 Å². The molecular weight excluding hydrogens is 511 g/mol. The van der Waals surface area contributed by atoms with E-state index < -0.39 is 6.36 Å². The van der Waals surface area contributed by atoms with Crippen molar-refractivity contribution in [2.45, 2.75) is 6.36 Å². The molecule has 0 spiro atoms. The van der Waals surface area contributed by atoms with Crippen LogP contribution in [0.4, 0.5) is 24.8 Å². The molecule has 0 unspecified atom stereocenters. The van der Waals surface area contributed by atoms with E-state index in [1.54, 1.807) is 47.0 Å². The number of anilines is 2. The van der Waals surface area contributed by atoms with Gasteiger partial charge >= 0.3 is 6.36 Å². The van der Waals surface area contributed by atoms with E-state index in [1.807, 2.05) is 0 Å². The molecule has 12 heteroatoms. The van der Waals surface area contributed by atoms with E-state index in [9.17, 15) is 18.0 Å². The Morgan fingerprint density at radius 2 is 1.69 bits per heavy atom. The summed E-state index contributed by atoms with van der Waals surface area (Å²) in [6.07, 6.45) is -4.75. The average molecular weight is 540 g/mol. The van der Waals surface area contributed by atoms with E-state index in [-0.39, 0.29) is 11.7 Å². The van der Waals surface area contributed by atoms with Crippen molar-refractivity contribution in [3.8, 4) is 17.0 Å². The van der Waals surface area contributed by atoms with Crippen molar-refractivity contribution in [1.82, 2.24) is 29.7 Å². The zero-order chi connectivity index (χ0) is 27.4. The Labute approximate surface area is 223 Å². The number of likely N-dealkylation sites (N-methyl/N-ethyl adjacent to an activating group) is 1. The molecule has 0 saturated carbocycles. The fraction of sp³-hybridized carbons (Fsp3) is 0.296. The minimum atomic E-state index is -4.75. The van der Waals surface area contributed by atoms with Gasteiger partial charge in [0.25, 0.3) is 5.91 Å². The highest BCUT2D eigenvalue weighted by molar-refractivity contribution is 5.94. The van der Waals surface area contributed by atoms with Crippen LogP contribution in [0.2, 0.25) is 0 Å². The second kappa shape index (κ2) is 11.3.